The van der Waals surface area contributed by atoms with E-state index >= 15 is 0 Å². The number of carboxylic acid groups (broad SMARTS) is 1. The van der Waals surface area contributed by atoms with Crippen LogP contribution in [0.4, 0.5) is 0 Å². The zero-order valence-corrected chi connectivity index (χ0v) is 29.6. The number of fused-ring (bicyclic) bond motifs is 2. The number of aliphatic hydroxyl groups is 1. The molecule has 268 valence electrons. The highest BCUT2D eigenvalue weighted by Crippen LogP contribution is 2.36. The normalized spacial score (nSPS) is 17.8. The van der Waals surface area contributed by atoms with Crippen LogP contribution in [-0.4, -0.2) is 78.2 Å². The molecule has 12 nitrogen and oxygen atoms in total. The number of carbonyl (C=O) groups is 1. The number of aliphatic hydroxyl groups excluding tert-OH is 1. The molecular weight excluding hydrogens is 681 g/mol. The zero-order chi connectivity index (χ0) is 37.3. The molecule has 2 aliphatic heterocycles. The molecule has 2 saturated heterocycles. The van der Waals surface area contributed by atoms with E-state index in [1.54, 1.807) is 18.5 Å². The number of hydrogen-bond acceptors (Lipinski definition) is 11. The molecule has 2 aliphatic rings. The summed E-state index contributed by atoms with van der Waals surface area (Å²) in [5, 5.41) is 40.6. The van der Waals surface area contributed by atoms with Crippen molar-refractivity contribution in [2.45, 2.75) is 39.0 Å². The second kappa shape index (κ2) is 14.6. The van der Waals surface area contributed by atoms with E-state index in [1.165, 1.54) is 0 Å². The SMILES string of the molecule is Cc1c(-c2nc3cc(CN4CC[C@@H](O)C4)cc(C#N)c3o2)cccc1-c1ccnc(/C=C/c2nccc3cc(CN4CC[C@@H](C(=O)O)C4)cnc23)c1C#N. The summed E-state index contributed by atoms with van der Waals surface area (Å²) < 4.78 is 6.23. The second-order valence-corrected chi connectivity index (χ2v) is 14.0. The molecule has 12 heteroatoms. The number of oxazole rings is 1. The third-order valence-electron chi connectivity index (χ3n) is 10.4. The minimum atomic E-state index is -0.749. The van der Waals surface area contributed by atoms with Crippen LogP contribution in [0.25, 0.3) is 56.7 Å². The smallest absolute Gasteiger partial charge is 0.307 e. The van der Waals surface area contributed by atoms with Crippen LogP contribution in [0.2, 0.25) is 0 Å². The van der Waals surface area contributed by atoms with Crippen molar-refractivity contribution in [2.75, 3.05) is 26.2 Å². The Morgan fingerprint density at radius 3 is 2.44 bits per heavy atom. The maximum Gasteiger partial charge on any atom is 0.307 e. The Balaban J connectivity index is 1.07. The predicted molar refractivity (Wildman–Crippen MR) is 202 cm³/mol. The van der Waals surface area contributed by atoms with Gasteiger partial charge in [0.15, 0.2) is 5.58 Å². The van der Waals surface area contributed by atoms with Crippen LogP contribution in [0.15, 0.2) is 71.5 Å². The molecule has 2 fully saturated rings. The summed E-state index contributed by atoms with van der Waals surface area (Å²) in [7, 11) is 0. The van der Waals surface area contributed by atoms with Crippen molar-refractivity contribution >= 4 is 40.1 Å². The summed E-state index contributed by atoms with van der Waals surface area (Å²) >= 11 is 0. The maximum atomic E-state index is 11.4. The van der Waals surface area contributed by atoms with E-state index in [1.807, 2.05) is 61.7 Å². The van der Waals surface area contributed by atoms with Crippen LogP contribution >= 0.6 is 0 Å². The van der Waals surface area contributed by atoms with Crippen molar-refractivity contribution in [1.82, 2.24) is 29.7 Å². The zero-order valence-electron chi connectivity index (χ0n) is 29.6. The van der Waals surface area contributed by atoms with Gasteiger partial charge in [0.05, 0.1) is 40.1 Å². The molecule has 0 amide bonds. The number of likely N-dealkylation sites (tertiary alicyclic amines) is 2. The summed E-state index contributed by atoms with van der Waals surface area (Å²) in [5.74, 6) is -0.701. The third-order valence-corrected chi connectivity index (χ3v) is 10.4. The van der Waals surface area contributed by atoms with Gasteiger partial charge in [0.2, 0.25) is 5.89 Å². The Morgan fingerprint density at radius 2 is 1.67 bits per heavy atom. The quantitative estimate of drug-likeness (QED) is 0.174. The van der Waals surface area contributed by atoms with E-state index < -0.39 is 5.97 Å². The highest BCUT2D eigenvalue weighted by atomic mass is 16.4. The maximum absolute atomic E-state index is 11.4. The fraction of sp³-hybridized carbons (Fsp3) is 0.262. The van der Waals surface area contributed by atoms with Gasteiger partial charge in [0.1, 0.15) is 17.7 Å². The van der Waals surface area contributed by atoms with E-state index in [9.17, 15) is 25.5 Å². The Hall–Kier alpha value is -6.31. The number of hydrogen-bond donors (Lipinski definition) is 2. The van der Waals surface area contributed by atoms with Gasteiger partial charge in [-0.2, -0.15) is 10.5 Å². The number of aliphatic carboxylic acids is 1. The van der Waals surface area contributed by atoms with Gasteiger partial charge in [0.25, 0.3) is 0 Å². The largest absolute Gasteiger partial charge is 0.481 e. The topological polar surface area (TPSA) is 176 Å². The van der Waals surface area contributed by atoms with Gasteiger partial charge in [-0.15, -0.1) is 0 Å². The molecule has 8 rings (SSSR count). The molecule has 6 aromatic rings. The molecule has 2 N–H and O–H groups in total. The van der Waals surface area contributed by atoms with Crippen LogP contribution in [-0.2, 0) is 17.9 Å². The van der Waals surface area contributed by atoms with E-state index in [4.69, 9.17) is 14.4 Å². The first-order chi connectivity index (χ1) is 26.3. The van der Waals surface area contributed by atoms with E-state index in [2.05, 4.69) is 38.0 Å². The molecule has 4 aromatic heterocycles. The monoisotopic (exact) mass is 716 g/mol. The second-order valence-electron chi connectivity index (χ2n) is 14.0. The highest BCUT2D eigenvalue weighted by molar-refractivity contribution is 5.90. The van der Waals surface area contributed by atoms with Crippen LogP contribution in [0.5, 0.6) is 0 Å². The summed E-state index contributed by atoms with van der Waals surface area (Å²) in [6.45, 7) is 5.86. The van der Waals surface area contributed by atoms with E-state index in [0.717, 1.165) is 52.7 Å². The molecule has 0 aliphatic carbocycles. The number of pyridine rings is 3. The van der Waals surface area contributed by atoms with E-state index in [0.29, 0.717) is 83.2 Å². The summed E-state index contributed by atoms with van der Waals surface area (Å²) in [4.78, 5) is 34.3. The Kier molecular flexibility index (Phi) is 9.40. The van der Waals surface area contributed by atoms with Crippen molar-refractivity contribution in [3.05, 3.63) is 106 Å². The molecule has 2 aromatic carbocycles. The first kappa shape index (κ1) is 34.8. The average molecular weight is 717 g/mol. The van der Waals surface area contributed by atoms with E-state index in [-0.39, 0.29) is 12.0 Å². The average Bonchev–Trinajstić information content (AvgIpc) is 3.93. The molecule has 0 unspecified atom stereocenters. The lowest BCUT2D eigenvalue weighted by atomic mass is 9.93. The molecule has 0 spiro atoms. The Morgan fingerprint density at radius 1 is 0.907 bits per heavy atom. The van der Waals surface area contributed by atoms with Crippen LogP contribution in [0.1, 0.15) is 52.0 Å². The predicted octanol–water partition coefficient (Wildman–Crippen LogP) is 6.20. The van der Waals surface area contributed by atoms with Gasteiger partial charge >= 0.3 is 5.97 Å². The van der Waals surface area contributed by atoms with Crippen LogP contribution in [0.3, 0.4) is 0 Å². The minimum Gasteiger partial charge on any atom is -0.481 e. The molecule has 2 atom stereocenters. The summed E-state index contributed by atoms with van der Waals surface area (Å²) in [6.07, 6.45) is 9.85. The van der Waals surface area contributed by atoms with Crippen molar-refractivity contribution in [2.24, 2.45) is 5.92 Å². The van der Waals surface area contributed by atoms with Crippen molar-refractivity contribution in [3.8, 4) is 34.7 Å². The minimum absolute atomic E-state index is 0.329. The fourth-order valence-electron chi connectivity index (χ4n) is 7.63. The lowest BCUT2D eigenvalue weighted by Gasteiger charge is -2.15. The first-order valence-corrected chi connectivity index (χ1v) is 17.9. The molecular formula is C42H36N8O4. The van der Waals surface area contributed by atoms with Crippen LogP contribution < -0.4 is 0 Å². The van der Waals surface area contributed by atoms with Gasteiger partial charge in [-0.1, -0.05) is 12.1 Å². The molecule has 54 heavy (non-hydrogen) atoms. The summed E-state index contributed by atoms with van der Waals surface area (Å²) in [5.41, 5.74) is 8.70. The standard InChI is InChI=1S/C42H36N8O4/c1-25-32(3-2-4-33(25)41-48-38-17-26(15-30(18-43)40(38)54-41)21-50-14-10-31(51)24-50)34-8-12-45-36(35(34)19-44)5-6-37-39-28(7-11-46-37)16-27(20-47-39)22-49-13-9-29(23-49)42(52)53/h2-8,11-12,15-17,20,29,31,51H,9-10,13-14,21-24H2,1H3,(H,52,53)/b6-5+/t29-,31-/m1/s1. The lowest BCUT2D eigenvalue weighted by molar-refractivity contribution is -0.141. The van der Waals surface area contributed by atoms with Crippen molar-refractivity contribution in [1.29, 1.82) is 10.5 Å². The first-order valence-electron chi connectivity index (χ1n) is 17.9. The van der Waals surface area contributed by atoms with Crippen molar-refractivity contribution < 1.29 is 19.4 Å². The number of rotatable bonds is 9. The lowest BCUT2D eigenvalue weighted by Crippen LogP contribution is -2.22. The number of aromatic nitrogens is 4. The fourth-order valence-corrected chi connectivity index (χ4v) is 7.63. The number of carboxylic acids is 1. The Labute approximate surface area is 311 Å². The number of nitrogens with zero attached hydrogens (tertiary/aromatic N) is 8. The van der Waals surface area contributed by atoms with Gasteiger partial charge in [0, 0.05) is 67.8 Å². The summed E-state index contributed by atoms with van der Waals surface area (Å²) in [6, 6.07) is 19.9. The van der Waals surface area contributed by atoms with Crippen LogP contribution in [0, 0.1) is 35.5 Å². The van der Waals surface area contributed by atoms with Gasteiger partial charge in [-0.05, 0) is 97.1 Å². The highest BCUT2D eigenvalue weighted by Gasteiger charge is 2.28. The molecule has 0 bridgehead atoms. The van der Waals surface area contributed by atoms with Crippen molar-refractivity contribution in [3.63, 3.8) is 0 Å². The Bertz CT molecular complexity index is 2550. The van der Waals surface area contributed by atoms with Gasteiger partial charge in [-0.3, -0.25) is 29.5 Å². The third kappa shape index (κ3) is 6.82. The van der Waals surface area contributed by atoms with Gasteiger partial charge < -0.3 is 14.6 Å². The molecule has 0 radical (unpaired) electrons. The number of nitriles is 2. The molecule has 6 heterocycles. The molecule has 0 saturated carbocycles. The number of β-amino-alcohol motifs (C(OH)–C–C–N with tert-alkyl or cyclic N) is 1. The van der Waals surface area contributed by atoms with Gasteiger partial charge in [-0.25, -0.2) is 4.98 Å². The number of benzene rings is 2.